The summed E-state index contributed by atoms with van der Waals surface area (Å²) in [6.45, 7) is 8.31. The van der Waals surface area contributed by atoms with E-state index in [1.165, 1.54) is 13.0 Å². The first-order valence-corrected chi connectivity index (χ1v) is 4.16. The van der Waals surface area contributed by atoms with E-state index in [-0.39, 0.29) is 0 Å². The molecule has 1 rings (SSSR count). The van der Waals surface area contributed by atoms with Crippen molar-refractivity contribution in [2.24, 2.45) is 11.8 Å². The Bertz CT molecular complexity index is 109. The molecule has 1 aliphatic carbocycles. The highest BCUT2D eigenvalue weighted by Crippen LogP contribution is 2.36. The Morgan fingerprint density at radius 1 is 1.70 bits per heavy atom. The van der Waals surface area contributed by atoms with Crippen molar-refractivity contribution in [3.63, 3.8) is 0 Å². The standard InChI is InChI=1S/C9H17N/c1-3-4-5-10-7-9-6-8(9)2/h3,8-10H,1,4-7H2,2H3. The van der Waals surface area contributed by atoms with Gasteiger partial charge in [-0.25, -0.2) is 0 Å². The van der Waals surface area contributed by atoms with Crippen LogP contribution in [0, 0.1) is 11.8 Å². The van der Waals surface area contributed by atoms with Crippen molar-refractivity contribution >= 4 is 0 Å². The van der Waals surface area contributed by atoms with E-state index in [9.17, 15) is 0 Å². The molecule has 0 bridgehead atoms. The molecular weight excluding hydrogens is 122 g/mol. The second kappa shape index (κ2) is 3.77. The number of hydrogen-bond donors (Lipinski definition) is 1. The number of nitrogens with one attached hydrogen (secondary N) is 1. The molecule has 2 unspecified atom stereocenters. The summed E-state index contributed by atoms with van der Waals surface area (Å²) in [6.07, 6.45) is 4.49. The van der Waals surface area contributed by atoms with Crippen LogP contribution in [0.5, 0.6) is 0 Å². The van der Waals surface area contributed by atoms with Gasteiger partial charge >= 0.3 is 0 Å². The highest BCUT2D eigenvalue weighted by atomic mass is 14.9. The highest BCUT2D eigenvalue weighted by Gasteiger charge is 2.31. The summed E-state index contributed by atoms with van der Waals surface area (Å²) in [4.78, 5) is 0. The quantitative estimate of drug-likeness (QED) is 0.452. The first-order valence-electron chi connectivity index (χ1n) is 4.16. The zero-order valence-corrected chi connectivity index (χ0v) is 6.77. The second-order valence-electron chi connectivity index (χ2n) is 3.25. The van der Waals surface area contributed by atoms with Crippen LogP contribution in [-0.2, 0) is 0 Å². The first-order chi connectivity index (χ1) is 4.84. The monoisotopic (exact) mass is 139 g/mol. The normalized spacial score (nSPS) is 30.1. The van der Waals surface area contributed by atoms with Gasteiger partial charge in [0.2, 0.25) is 0 Å². The number of rotatable bonds is 5. The molecule has 10 heavy (non-hydrogen) atoms. The smallest absolute Gasteiger partial charge is 0.00143 e. The molecule has 0 saturated heterocycles. The number of hydrogen-bond acceptors (Lipinski definition) is 1. The van der Waals surface area contributed by atoms with Crippen LogP contribution >= 0.6 is 0 Å². The molecule has 0 aromatic heterocycles. The summed E-state index contributed by atoms with van der Waals surface area (Å²) in [5, 5.41) is 3.41. The van der Waals surface area contributed by atoms with E-state index < -0.39 is 0 Å². The van der Waals surface area contributed by atoms with Gasteiger partial charge in [0, 0.05) is 0 Å². The lowest BCUT2D eigenvalue weighted by Crippen LogP contribution is -2.17. The van der Waals surface area contributed by atoms with Crippen molar-refractivity contribution in [1.29, 1.82) is 0 Å². The molecule has 1 heteroatoms. The van der Waals surface area contributed by atoms with Crippen molar-refractivity contribution < 1.29 is 0 Å². The van der Waals surface area contributed by atoms with Gasteiger partial charge in [-0.15, -0.1) is 6.58 Å². The molecule has 0 aromatic rings. The molecule has 1 N–H and O–H groups in total. The summed E-state index contributed by atoms with van der Waals surface area (Å²) in [6, 6.07) is 0. The Morgan fingerprint density at radius 3 is 2.90 bits per heavy atom. The zero-order chi connectivity index (χ0) is 7.40. The van der Waals surface area contributed by atoms with Gasteiger partial charge < -0.3 is 5.32 Å². The van der Waals surface area contributed by atoms with Crippen LogP contribution in [0.2, 0.25) is 0 Å². The van der Waals surface area contributed by atoms with Crippen molar-refractivity contribution in [2.45, 2.75) is 19.8 Å². The SMILES string of the molecule is C=CCCNCC1CC1C. The lowest BCUT2D eigenvalue weighted by atomic mass is 10.3. The van der Waals surface area contributed by atoms with E-state index in [0.29, 0.717) is 0 Å². The van der Waals surface area contributed by atoms with Crippen LogP contribution in [0.3, 0.4) is 0 Å². The molecule has 58 valence electrons. The van der Waals surface area contributed by atoms with Gasteiger partial charge in [-0.05, 0) is 37.8 Å². The fourth-order valence-electron chi connectivity index (χ4n) is 1.18. The predicted octanol–water partition coefficient (Wildman–Crippen LogP) is 1.81. The van der Waals surface area contributed by atoms with E-state index in [1.807, 2.05) is 6.08 Å². The van der Waals surface area contributed by atoms with Crippen LogP contribution in [0.15, 0.2) is 12.7 Å². The fourth-order valence-corrected chi connectivity index (χ4v) is 1.18. The average Bonchev–Trinajstić information content (AvgIpc) is 2.60. The van der Waals surface area contributed by atoms with Crippen LogP contribution < -0.4 is 5.32 Å². The molecule has 1 aliphatic rings. The van der Waals surface area contributed by atoms with Gasteiger partial charge in [-0.3, -0.25) is 0 Å². The Hall–Kier alpha value is -0.300. The molecule has 1 fully saturated rings. The third kappa shape index (κ3) is 2.53. The third-order valence-corrected chi connectivity index (χ3v) is 2.21. The van der Waals surface area contributed by atoms with Crippen LogP contribution in [-0.4, -0.2) is 13.1 Å². The summed E-state index contributed by atoms with van der Waals surface area (Å²) in [7, 11) is 0. The maximum absolute atomic E-state index is 3.67. The zero-order valence-electron chi connectivity index (χ0n) is 6.77. The summed E-state index contributed by atoms with van der Waals surface area (Å²) >= 11 is 0. The minimum absolute atomic E-state index is 0.977. The van der Waals surface area contributed by atoms with Gasteiger partial charge in [0.25, 0.3) is 0 Å². The largest absolute Gasteiger partial charge is 0.316 e. The maximum Gasteiger partial charge on any atom is -0.00143 e. The van der Waals surface area contributed by atoms with Crippen molar-refractivity contribution in [3.8, 4) is 0 Å². The van der Waals surface area contributed by atoms with Gasteiger partial charge in [-0.1, -0.05) is 13.0 Å². The molecular formula is C9H17N. The minimum Gasteiger partial charge on any atom is -0.316 e. The molecule has 1 nitrogen and oxygen atoms in total. The van der Waals surface area contributed by atoms with Crippen LogP contribution in [0.4, 0.5) is 0 Å². The van der Waals surface area contributed by atoms with Crippen molar-refractivity contribution in [1.82, 2.24) is 5.32 Å². The third-order valence-electron chi connectivity index (χ3n) is 2.21. The van der Waals surface area contributed by atoms with Crippen molar-refractivity contribution in [3.05, 3.63) is 12.7 Å². The molecule has 0 aromatic carbocycles. The van der Waals surface area contributed by atoms with Gasteiger partial charge in [-0.2, -0.15) is 0 Å². The molecule has 0 heterocycles. The Morgan fingerprint density at radius 2 is 2.40 bits per heavy atom. The summed E-state index contributed by atoms with van der Waals surface area (Å²) in [5.41, 5.74) is 0. The molecule has 2 atom stereocenters. The van der Waals surface area contributed by atoms with Gasteiger partial charge in [0.15, 0.2) is 0 Å². The summed E-state index contributed by atoms with van der Waals surface area (Å²) in [5.74, 6) is 1.96. The maximum atomic E-state index is 3.67. The molecule has 0 radical (unpaired) electrons. The summed E-state index contributed by atoms with van der Waals surface area (Å²) < 4.78 is 0. The molecule has 1 saturated carbocycles. The van der Waals surface area contributed by atoms with E-state index in [2.05, 4.69) is 18.8 Å². The van der Waals surface area contributed by atoms with Crippen LogP contribution in [0.1, 0.15) is 19.8 Å². The lowest BCUT2D eigenvalue weighted by molar-refractivity contribution is 0.616. The lowest BCUT2D eigenvalue weighted by Gasteiger charge is -1.99. The van der Waals surface area contributed by atoms with E-state index in [1.54, 1.807) is 0 Å². The minimum atomic E-state index is 0.977. The molecule has 0 aliphatic heterocycles. The predicted molar refractivity (Wildman–Crippen MR) is 45.0 cm³/mol. The Labute approximate surface area is 63.5 Å². The van der Waals surface area contributed by atoms with Crippen LogP contribution in [0.25, 0.3) is 0 Å². The van der Waals surface area contributed by atoms with Gasteiger partial charge in [0.1, 0.15) is 0 Å². The fraction of sp³-hybridized carbons (Fsp3) is 0.778. The van der Waals surface area contributed by atoms with E-state index in [0.717, 1.165) is 24.8 Å². The van der Waals surface area contributed by atoms with E-state index >= 15 is 0 Å². The average molecular weight is 139 g/mol. The van der Waals surface area contributed by atoms with E-state index in [4.69, 9.17) is 0 Å². The molecule has 0 amide bonds. The first kappa shape index (κ1) is 7.80. The Kier molecular flexibility index (Phi) is 2.94. The second-order valence-corrected chi connectivity index (χ2v) is 3.25. The molecule has 0 spiro atoms. The Balaban J connectivity index is 1.82. The highest BCUT2D eigenvalue weighted by molar-refractivity contribution is 4.84. The topological polar surface area (TPSA) is 12.0 Å². The van der Waals surface area contributed by atoms with Crippen molar-refractivity contribution in [2.75, 3.05) is 13.1 Å². The van der Waals surface area contributed by atoms with Gasteiger partial charge in [0.05, 0.1) is 0 Å².